The predicted molar refractivity (Wildman–Crippen MR) is 114 cm³/mol. The maximum Gasteiger partial charge on any atom is 0.160 e. The van der Waals surface area contributed by atoms with Gasteiger partial charge in [-0.25, -0.2) is 0 Å². The molecule has 5 aromatic rings. The summed E-state index contributed by atoms with van der Waals surface area (Å²) in [4.78, 5) is 0.921. The maximum absolute atomic E-state index is 12.6. The number of thiophene rings is 1. The topological polar surface area (TPSA) is 23.1 Å². The highest BCUT2D eigenvalue weighted by molar-refractivity contribution is 7.90. The van der Waals surface area contributed by atoms with Gasteiger partial charge < -0.3 is 4.55 Å². The van der Waals surface area contributed by atoms with Gasteiger partial charge in [-0.3, -0.25) is 0 Å². The van der Waals surface area contributed by atoms with Crippen LogP contribution in [0.4, 0.5) is 0 Å². The summed E-state index contributed by atoms with van der Waals surface area (Å²) in [5.41, 5.74) is 4.83. The van der Waals surface area contributed by atoms with E-state index in [4.69, 9.17) is 0 Å². The van der Waals surface area contributed by atoms with Crippen molar-refractivity contribution in [1.29, 1.82) is 0 Å². The Morgan fingerprint density at radius 2 is 1.42 bits per heavy atom. The highest BCUT2D eigenvalue weighted by Gasteiger charge is 2.26. The average molecular weight is 370 g/mol. The molecule has 1 aromatic heterocycles. The quantitative estimate of drug-likeness (QED) is 0.299. The van der Waals surface area contributed by atoms with Crippen molar-refractivity contribution in [1.82, 2.24) is 0 Å². The van der Waals surface area contributed by atoms with E-state index in [1.807, 2.05) is 17.4 Å². The standard InChI is InChI=1S/C23H14OS2/c1-26(24)19-12-10-13-9-11-18-23-20(13)22(19)16-6-3-2-5-14(16)15-7-4-8-17(25-18)21(15)23/h2-12H,1H3. The number of benzene rings is 4. The van der Waals surface area contributed by atoms with Crippen LogP contribution in [0.5, 0.6) is 0 Å². The first-order valence-corrected chi connectivity index (χ1v) is 11.0. The molecule has 1 nitrogen and oxygen atoms in total. The normalized spacial score (nSPS) is 13.6. The van der Waals surface area contributed by atoms with E-state index < -0.39 is 11.2 Å². The summed E-state index contributed by atoms with van der Waals surface area (Å²) in [6, 6.07) is 23.7. The smallest absolute Gasteiger partial charge is 0.160 e. The molecule has 1 atom stereocenters. The van der Waals surface area contributed by atoms with Crippen LogP contribution in [0.2, 0.25) is 0 Å². The van der Waals surface area contributed by atoms with Crippen molar-refractivity contribution in [3.05, 3.63) is 66.7 Å². The third-order valence-corrected chi connectivity index (χ3v) is 7.48. The largest absolute Gasteiger partial charge is 0.612 e. The van der Waals surface area contributed by atoms with E-state index in [1.165, 1.54) is 47.6 Å². The van der Waals surface area contributed by atoms with Crippen molar-refractivity contribution in [2.45, 2.75) is 4.90 Å². The van der Waals surface area contributed by atoms with E-state index in [9.17, 15) is 4.55 Å². The summed E-state index contributed by atoms with van der Waals surface area (Å²) < 4.78 is 15.2. The first-order chi connectivity index (χ1) is 12.7. The zero-order valence-corrected chi connectivity index (χ0v) is 15.7. The van der Waals surface area contributed by atoms with Gasteiger partial charge in [0.1, 0.15) is 6.26 Å². The van der Waals surface area contributed by atoms with Gasteiger partial charge in [0, 0.05) is 31.1 Å². The fourth-order valence-electron chi connectivity index (χ4n) is 4.37. The molecule has 0 bridgehead atoms. The summed E-state index contributed by atoms with van der Waals surface area (Å²) in [5, 5.41) is 5.12. The molecular weight excluding hydrogens is 356 g/mol. The molecule has 1 heterocycles. The maximum atomic E-state index is 12.6. The molecule has 124 valence electrons. The van der Waals surface area contributed by atoms with E-state index >= 15 is 0 Å². The molecule has 0 N–H and O–H groups in total. The Morgan fingerprint density at radius 3 is 2.27 bits per heavy atom. The minimum Gasteiger partial charge on any atom is -0.612 e. The number of hydrogen-bond donors (Lipinski definition) is 0. The van der Waals surface area contributed by atoms with Gasteiger partial charge in [0.2, 0.25) is 0 Å². The summed E-state index contributed by atoms with van der Waals surface area (Å²) >= 11 is 0.799. The first-order valence-electron chi connectivity index (χ1n) is 8.58. The highest BCUT2D eigenvalue weighted by Crippen LogP contribution is 2.51. The molecule has 0 saturated heterocycles. The van der Waals surface area contributed by atoms with E-state index in [1.54, 1.807) is 6.26 Å². The lowest BCUT2D eigenvalue weighted by Crippen LogP contribution is -2.01. The highest BCUT2D eigenvalue weighted by atomic mass is 32.2. The summed E-state index contributed by atoms with van der Waals surface area (Å²) in [7, 11) is 0. The van der Waals surface area contributed by atoms with Crippen LogP contribution in [0, 0.1) is 0 Å². The monoisotopic (exact) mass is 370 g/mol. The molecular formula is C23H14OS2. The summed E-state index contributed by atoms with van der Waals surface area (Å²) in [6.45, 7) is 0. The molecule has 4 aromatic carbocycles. The molecule has 0 saturated carbocycles. The van der Waals surface area contributed by atoms with Crippen LogP contribution in [0.3, 0.4) is 0 Å². The fraction of sp³-hybridized carbons (Fsp3) is 0.0435. The Labute approximate surface area is 158 Å². The number of hydrogen-bond acceptors (Lipinski definition) is 2. The second-order valence-electron chi connectivity index (χ2n) is 6.76. The van der Waals surface area contributed by atoms with Crippen molar-refractivity contribution in [3.8, 4) is 22.3 Å². The Bertz CT molecular complexity index is 1360. The minimum atomic E-state index is -1.05. The van der Waals surface area contributed by atoms with Gasteiger partial charge in [0.15, 0.2) is 4.90 Å². The molecule has 1 aliphatic carbocycles. The van der Waals surface area contributed by atoms with Gasteiger partial charge in [-0.1, -0.05) is 42.5 Å². The second-order valence-corrected chi connectivity index (χ2v) is 9.19. The lowest BCUT2D eigenvalue weighted by Gasteiger charge is -2.15. The van der Waals surface area contributed by atoms with Crippen molar-refractivity contribution < 1.29 is 4.55 Å². The zero-order chi connectivity index (χ0) is 17.4. The SMILES string of the molecule is C[S+]([O-])c1ccc2ccc3sc4cccc5c4c3c2c1-c1ccccc1-5. The van der Waals surface area contributed by atoms with E-state index in [0.29, 0.717) is 0 Å². The second kappa shape index (κ2) is 5.10. The zero-order valence-electron chi connectivity index (χ0n) is 14.1. The van der Waals surface area contributed by atoms with Gasteiger partial charge >= 0.3 is 0 Å². The molecule has 0 amide bonds. The van der Waals surface area contributed by atoms with Gasteiger partial charge in [0.25, 0.3) is 0 Å². The van der Waals surface area contributed by atoms with Crippen molar-refractivity contribution in [3.63, 3.8) is 0 Å². The van der Waals surface area contributed by atoms with Gasteiger partial charge in [-0.15, -0.1) is 11.3 Å². The van der Waals surface area contributed by atoms with Crippen LogP contribution < -0.4 is 0 Å². The fourth-order valence-corrected chi connectivity index (χ4v) is 6.27. The number of fused-ring (bicyclic) bond motifs is 3. The molecule has 26 heavy (non-hydrogen) atoms. The van der Waals surface area contributed by atoms with Crippen LogP contribution in [-0.4, -0.2) is 10.8 Å². The molecule has 0 spiro atoms. The Balaban J connectivity index is 2.03. The third kappa shape index (κ3) is 1.75. The predicted octanol–water partition coefficient (Wildman–Crippen LogP) is 6.59. The van der Waals surface area contributed by atoms with Crippen molar-refractivity contribution in [2.75, 3.05) is 6.26 Å². The molecule has 1 unspecified atom stereocenters. The molecule has 0 aliphatic heterocycles. The van der Waals surface area contributed by atoms with Crippen molar-refractivity contribution >= 4 is 53.5 Å². The van der Waals surface area contributed by atoms with Crippen LogP contribution >= 0.6 is 11.3 Å². The van der Waals surface area contributed by atoms with Crippen LogP contribution in [-0.2, 0) is 11.2 Å². The first kappa shape index (κ1) is 14.8. The van der Waals surface area contributed by atoms with Gasteiger partial charge in [0.05, 0.1) is 0 Å². The Morgan fingerprint density at radius 1 is 0.692 bits per heavy atom. The average Bonchev–Trinajstić information content (AvgIpc) is 2.99. The van der Waals surface area contributed by atoms with E-state index in [2.05, 4.69) is 60.7 Å². The van der Waals surface area contributed by atoms with Gasteiger partial charge in [-0.05, 0) is 57.5 Å². The molecule has 6 rings (SSSR count). The van der Waals surface area contributed by atoms with E-state index in [0.717, 1.165) is 10.5 Å². The number of rotatable bonds is 1. The van der Waals surface area contributed by atoms with Crippen LogP contribution in [0.1, 0.15) is 0 Å². The summed E-state index contributed by atoms with van der Waals surface area (Å²) in [6.07, 6.45) is 1.78. The molecule has 1 aliphatic rings. The summed E-state index contributed by atoms with van der Waals surface area (Å²) in [5.74, 6) is 0. The van der Waals surface area contributed by atoms with E-state index in [-0.39, 0.29) is 0 Å². The molecule has 3 heteroatoms. The van der Waals surface area contributed by atoms with Crippen molar-refractivity contribution in [2.24, 2.45) is 0 Å². The van der Waals surface area contributed by atoms with Crippen LogP contribution in [0.25, 0.3) is 53.2 Å². The van der Waals surface area contributed by atoms with Gasteiger partial charge in [-0.2, -0.15) is 0 Å². The van der Waals surface area contributed by atoms with Crippen LogP contribution in [0.15, 0.2) is 71.6 Å². The lowest BCUT2D eigenvalue weighted by atomic mass is 9.93. The lowest BCUT2D eigenvalue weighted by molar-refractivity contribution is 0.601. The molecule has 0 radical (unpaired) electrons. The minimum absolute atomic E-state index is 0.921. The Hall–Kier alpha value is -2.33. The molecule has 0 fully saturated rings. The third-order valence-electron chi connectivity index (χ3n) is 5.40. The Kier molecular flexibility index (Phi) is 2.91.